The first-order valence-corrected chi connectivity index (χ1v) is 4.55. The minimum absolute atomic E-state index is 0.437. The van der Waals surface area contributed by atoms with Gasteiger partial charge >= 0.3 is 0 Å². The largest absolute Gasteiger partial charge is 0.413 e. The molecule has 0 bridgehead atoms. The van der Waals surface area contributed by atoms with E-state index in [4.69, 9.17) is 10.2 Å². The van der Waals surface area contributed by atoms with Crippen molar-refractivity contribution < 1.29 is 4.43 Å². The van der Waals surface area contributed by atoms with Crippen molar-refractivity contribution in [2.75, 3.05) is 6.17 Å². The first-order chi connectivity index (χ1) is 4.35. The molecule has 0 aromatic rings. The molecule has 0 saturated heterocycles. The van der Waals surface area contributed by atoms with Gasteiger partial charge in [0.15, 0.2) is 0 Å². The fourth-order valence-corrected chi connectivity index (χ4v) is 1.29. The molecular weight excluding hydrogens is 130 g/mol. The first kappa shape index (κ1) is 9.14. The minimum Gasteiger partial charge on any atom is -0.413 e. The van der Waals surface area contributed by atoms with Crippen LogP contribution in [-0.2, 0) is 4.43 Å². The highest BCUT2D eigenvalue weighted by molar-refractivity contribution is 6.27. The van der Waals surface area contributed by atoms with Crippen LogP contribution in [0.5, 0.6) is 0 Å². The summed E-state index contributed by atoms with van der Waals surface area (Å²) in [6.45, 7) is 4.27. The fourth-order valence-electron chi connectivity index (χ4n) is 0.621. The van der Waals surface area contributed by atoms with Crippen LogP contribution in [0.1, 0.15) is 26.7 Å². The summed E-state index contributed by atoms with van der Waals surface area (Å²) in [5.74, 6) is 0. The Bertz CT molecular complexity index is 57.0. The summed E-state index contributed by atoms with van der Waals surface area (Å²) < 4.78 is 5.39. The van der Waals surface area contributed by atoms with Gasteiger partial charge in [-0.1, -0.05) is 13.8 Å². The number of hydrogen-bond acceptors (Lipinski definition) is 2. The molecule has 0 atom stereocenters. The molecule has 0 aliphatic heterocycles. The zero-order chi connectivity index (χ0) is 7.11. The molecule has 0 spiro atoms. The van der Waals surface area contributed by atoms with Crippen molar-refractivity contribution in [1.29, 1.82) is 0 Å². The topological polar surface area (TPSA) is 35.2 Å². The van der Waals surface area contributed by atoms with Crippen LogP contribution >= 0.6 is 0 Å². The Balaban J connectivity index is 3.09. The Hall–Kier alpha value is 0.137. The minimum atomic E-state index is 0.437. The van der Waals surface area contributed by atoms with E-state index >= 15 is 0 Å². The van der Waals surface area contributed by atoms with E-state index in [0.29, 0.717) is 22.0 Å². The van der Waals surface area contributed by atoms with Crippen LogP contribution in [-0.4, -0.2) is 22.0 Å². The number of hydrogen-bond donors (Lipinski definition) is 1. The molecule has 0 saturated carbocycles. The summed E-state index contributed by atoms with van der Waals surface area (Å²) in [4.78, 5) is 0. The average molecular weight is 145 g/mol. The van der Waals surface area contributed by atoms with E-state index in [1.54, 1.807) is 0 Å². The fraction of sp³-hybridized carbons (Fsp3) is 1.00. The summed E-state index contributed by atoms with van der Waals surface area (Å²) in [6.07, 6.45) is 3.30. The molecule has 0 aromatic heterocycles. The van der Waals surface area contributed by atoms with E-state index in [0.717, 1.165) is 12.8 Å². The second-order valence-electron chi connectivity index (χ2n) is 1.90. The van der Waals surface area contributed by atoms with Gasteiger partial charge in [-0.05, 0) is 12.8 Å². The van der Waals surface area contributed by atoms with Crippen molar-refractivity contribution in [1.82, 2.24) is 0 Å². The lowest BCUT2D eigenvalue weighted by atomic mass is 10.2. The highest BCUT2D eigenvalue weighted by atomic mass is 28.2. The van der Waals surface area contributed by atoms with Crippen LogP contribution in [0.2, 0.25) is 0 Å². The van der Waals surface area contributed by atoms with Crippen LogP contribution in [0, 0.1) is 0 Å². The monoisotopic (exact) mass is 145 g/mol. The van der Waals surface area contributed by atoms with Gasteiger partial charge in [0.1, 0.15) is 0 Å². The summed E-state index contributed by atoms with van der Waals surface area (Å²) in [6, 6.07) is 0. The second-order valence-corrected chi connectivity index (χ2v) is 2.84. The molecule has 0 aliphatic carbocycles. The third-order valence-corrected chi connectivity index (χ3v) is 1.91. The molecule has 0 aliphatic rings. The van der Waals surface area contributed by atoms with Crippen LogP contribution in [0.25, 0.3) is 0 Å². The maximum Gasteiger partial charge on any atom is 0.245 e. The van der Waals surface area contributed by atoms with E-state index in [1.807, 2.05) is 0 Å². The maximum absolute atomic E-state index is 5.39. The standard InChI is InChI=1S/C6H15NOSi/c1-3-6(4-2)8-9-5-7/h6H,3-5,7H2,1-2H3. The van der Waals surface area contributed by atoms with Gasteiger partial charge in [-0.3, -0.25) is 0 Å². The summed E-state index contributed by atoms with van der Waals surface area (Å²) >= 11 is 0. The molecule has 2 N–H and O–H groups in total. The number of nitrogens with two attached hydrogens (primary N) is 1. The van der Waals surface area contributed by atoms with Crippen molar-refractivity contribution in [2.45, 2.75) is 32.8 Å². The molecule has 0 amide bonds. The average Bonchev–Trinajstić information content (AvgIpc) is 1.91. The molecule has 0 unspecified atom stereocenters. The normalized spacial score (nSPS) is 10.7. The molecule has 0 fully saturated rings. The van der Waals surface area contributed by atoms with Crippen molar-refractivity contribution in [3.8, 4) is 0 Å². The predicted molar refractivity (Wildman–Crippen MR) is 40.3 cm³/mol. The number of rotatable bonds is 5. The van der Waals surface area contributed by atoms with Gasteiger partial charge in [-0.25, -0.2) is 0 Å². The van der Waals surface area contributed by atoms with Crippen molar-refractivity contribution in [2.24, 2.45) is 5.73 Å². The third-order valence-electron chi connectivity index (χ3n) is 1.24. The maximum atomic E-state index is 5.39. The molecule has 54 valence electrons. The van der Waals surface area contributed by atoms with Crippen molar-refractivity contribution in [3.05, 3.63) is 0 Å². The zero-order valence-corrected chi connectivity index (χ0v) is 7.18. The zero-order valence-electron chi connectivity index (χ0n) is 6.18. The van der Waals surface area contributed by atoms with E-state index < -0.39 is 0 Å². The van der Waals surface area contributed by atoms with E-state index in [-0.39, 0.29) is 0 Å². The molecule has 0 heterocycles. The highest BCUT2D eigenvalue weighted by Gasteiger charge is 2.00. The predicted octanol–water partition coefficient (Wildman–Crippen LogP) is 0.727. The van der Waals surface area contributed by atoms with Crippen molar-refractivity contribution >= 4 is 9.76 Å². The Morgan fingerprint density at radius 2 is 2.00 bits per heavy atom. The van der Waals surface area contributed by atoms with Crippen LogP contribution in [0.3, 0.4) is 0 Å². The van der Waals surface area contributed by atoms with E-state index in [1.165, 1.54) is 0 Å². The molecule has 0 rings (SSSR count). The Labute approximate surface area is 59.7 Å². The molecule has 9 heavy (non-hydrogen) atoms. The third kappa shape index (κ3) is 4.63. The lowest BCUT2D eigenvalue weighted by Crippen LogP contribution is -2.19. The molecule has 2 radical (unpaired) electrons. The Morgan fingerprint density at radius 1 is 1.44 bits per heavy atom. The van der Waals surface area contributed by atoms with Gasteiger partial charge < -0.3 is 10.2 Å². The lowest BCUT2D eigenvalue weighted by Gasteiger charge is -2.11. The molecule has 0 aromatic carbocycles. The van der Waals surface area contributed by atoms with Gasteiger partial charge in [0.25, 0.3) is 0 Å². The van der Waals surface area contributed by atoms with Gasteiger partial charge in [0.2, 0.25) is 9.76 Å². The van der Waals surface area contributed by atoms with Gasteiger partial charge in [-0.15, -0.1) is 0 Å². The lowest BCUT2D eigenvalue weighted by molar-refractivity contribution is 0.203. The van der Waals surface area contributed by atoms with Gasteiger partial charge in [-0.2, -0.15) is 0 Å². The smallest absolute Gasteiger partial charge is 0.245 e. The second kappa shape index (κ2) is 6.26. The van der Waals surface area contributed by atoms with Crippen molar-refractivity contribution in [3.63, 3.8) is 0 Å². The summed E-state index contributed by atoms with van der Waals surface area (Å²) in [5, 5.41) is 0. The summed E-state index contributed by atoms with van der Waals surface area (Å²) in [5.41, 5.74) is 5.27. The van der Waals surface area contributed by atoms with Gasteiger partial charge in [0.05, 0.1) is 0 Å². The first-order valence-electron chi connectivity index (χ1n) is 3.43. The quantitative estimate of drug-likeness (QED) is 0.579. The molecule has 2 nitrogen and oxygen atoms in total. The van der Waals surface area contributed by atoms with Gasteiger partial charge in [0, 0.05) is 12.3 Å². The Kier molecular flexibility index (Phi) is 6.35. The van der Waals surface area contributed by atoms with Crippen LogP contribution in [0.15, 0.2) is 0 Å². The molecular formula is C6H15NOSi. The highest BCUT2D eigenvalue weighted by Crippen LogP contribution is 1.99. The van der Waals surface area contributed by atoms with Crippen LogP contribution < -0.4 is 5.73 Å². The Morgan fingerprint density at radius 3 is 2.33 bits per heavy atom. The summed E-state index contributed by atoms with van der Waals surface area (Å²) in [7, 11) is 0.487. The van der Waals surface area contributed by atoms with Crippen LogP contribution in [0.4, 0.5) is 0 Å². The van der Waals surface area contributed by atoms with E-state index in [2.05, 4.69) is 13.8 Å². The SMILES string of the molecule is CCC(CC)O[Si]CN. The molecule has 3 heteroatoms. The van der Waals surface area contributed by atoms with E-state index in [9.17, 15) is 0 Å².